The number of carbonyl (C=O) groups is 1. The number of amides is 1. The maximum Gasteiger partial charge on any atom is 0.234 e. The Kier molecular flexibility index (Phi) is 5.30. The lowest BCUT2D eigenvalue weighted by atomic mass is 10.0. The molecule has 2 fully saturated rings. The summed E-state index contributed by atoms with van der Waals surface area (Å²) in [6.07, 6.45) is 5.77. The Hall–Kier alpha value is -1.73. The van der Waals surface area contributed by atoms with Gasteiger partial charge in [-0.25, -0.2) is 9.97 Å². The third-order valence-corrected chi connectivity index (χ3v) is 4.88. The van der Waals surface area contributed by atoms with Gasteiger partial charge in [-0.15, -0.1) is 0 Å². The second-order valence-electron chi connectivity index (χ2n) is 7.03. The van der Waals surface area contributed by atoms with Crippen molar-refractivity contribution in [3.05, 3.63) is 18.1 Å². The molecule has 0 saturated carbocycles. The average molecular weight is 333 g/mol. The zero-order valence-corrected chi connectivity index (χ0v) is 14.4. The Morgan fingerprint density at radius 3 is 2.83 bits per heavy atom. The van der Waals surface area contributed by atoms with Crippen molar-refractivity contribution >= 4 is 11.7 Å². The van der Waals surface area contributed by atoms with Gasteiger partial charge in [0.05, 0.1) is 6.54 Å². The van der Waals surface area contributed by atoms with Gasteiger partial charge in [0, 0.05) is 31.4 Å². The van der Waals surface area contributed by atoms with Gasteiger partial charge in [-0.3, -0.25) is 9.69 Å². The van der Waals surface area contributed by atoms with Gasteiger partial charge < -0.3 is 15.3 Å². The fraction of sp³-hybridized carbons (Fsp3) is 0.706. The summed E-state index contributed by atoms with van der Waals surface area (Å²) in [4.78, 5) is 24.7. The number of carbonyl (C=O) groups excluding carboxylic acids is 1. The number of aryl methyl sites for hydroxylation is 1. The van der Waals surface area contributed by atoms with Crippen LogP contribution in [-0.4, -0.2) is 70.8 Å². The largest absolute Gasteiger partial charge is 0.386 e. The van der Waals surface area contributed by atoms with Crippen molar-refractivity contribution in [2.45, 2.75) is 38.2 Å². The van der Waals surface area contributed by atoms with Crippen molar-refractivity contribution in [1.82, 2.24) is 20.2 Å². The molecule has 1 atom stereocenters. The van der Waals surface area contributed by atoms with Gasteiger partial charge in [-0.1, -0.05) is 6.42 Å². The SMILES string of the molecule is Cc1cc(N2CC[C@@](O)(CNC(=O)CN3CCCCC3)C2)ncn1. The molecule has 1 amide bonds. The summed E-state index contributed by atoms with van der Waals surface area (Å²) in [6.45, 7) is 5.86. The van der Waals surface area contributed by atoms with Crippen LogP contribution in [-0.2, 0) is 4.79 Å². The Morgan fingerprint density at radius 2 is 2.08 bits per heavy atom. The van der Waals surface area contributed by atoms with Crippen molar-refractivity contribution in [3.8, 4) is 0 Å². The number of nitrogens with one attached hydrogen (secondary N) is 1. The molecule has 1 aromatic rings. The highest BCUT2D eigenvalue weighted by atomic mass is 16.3. The number of aliphatic hydroxyl groups is 1. The van der Waals surface area contributed by atoms with E-state index in [0.717, 1.165) is 31.1 Å². The summed E-state index contributed by atoms with van der Waals surface area (Å²) in [6, 6.07) is 1.92. The van der Waals surface area contributed by atoms with Crippen molar-refractivity contribution in [2.75, 3.05) is 44.2 Å². The van der Waals surface area contributed by atoms with E-state index in [1.165, 1.54) is 19.3 Å². The van der Waals surface area contributed by atoms with Crippen molar-refractivity contribution in [2.24, 2.45) is 0 Å². The highest BCUT2D eigenvalue weighted by Gasteiger charge is 2.37. The zero-order valence-electron chi connectivity index (χ0n) is 14.4. The molecule has 2 N–H and O–H groups in total. The predicted molar refractivity (Wildman–Crippen MR) is 91.8 cm³/mol. The first-order valence-corrected chi connectivity index (χ1v) is 8.79. The van der Waals surface area contributed by atoms with Crippen LogP contribution in [0.1, 0.15) is 31.4 Å². The molecule has 2 aliphatic heterocycles. The normalized spacial score (nSPS) is 25.0. The topological polar surface area (TPSA) is 81.6 Å². The van der Waals surface area contributed by atoms with E-state index in [0.29, 0.717) is 26.1 Å². The Bertz CT molecular complexity index is 576. The van der Waals surface area contributed by atoms with Crippen LogP contribution in [0.25, 0.3) is 0 Å². The van der Waals surface area contributed by atoms with E-state index in [2.05, 4.69) is 20.2 Å². The number of rotatable bonds is 5. The molecule has 0 radical (unpaired) electrons. The minimum Gasteiger partial charge on any atom is -0.386 e. The molecular weight excluding hydrogens is 306 g/mol. The summed E-state index contributed by atoms with van der Waals surface area (Å²) >= 11 is 0. The molecule has 2 aliphatic rings. The fourth-order valence-corrected chi connectivity index (χ4v) is 3.45. The molecule has 1 aromatic heterocycles. The fourth-order valence-electron chi connectivity index (χ4n) is 3.45. The number of β-amino-alcohol motifs (C(OH)–C–C–N with tert-alkyl or cyclic N) is 1. The van der Waals surface area contributed by atoms with E-state index in [1.54, 1.807) is 6.33 Å². The van der Waals surface area contributed by atoms with Gasteiger partial charge in [-0.2, -0.15) is 0 Å². The van der Waals surface area contributed by atoms with E-state index in [4.69, 9.17) is 0 Å². The smallest absolute Gasteiger partial charge is 0.234 e. The van der Waals surface area contributed by atoms with Crippen LogP contribution in [0.4, 0.5) is 5.82 Å². The molecule has 24 heavy (non-hydrogen) atoms. The van der Waals surface area contributed by atoms with Crippen molar-refractivity contribution in [1.29, 1.82) is 0 Å². The van der Waals surface area contributed by atoms with Crippen molar-refractivity contribution in [3.63, 3.8) is 0 Å². The third-order valence-electron chi connectivity index (χ3n) is 4.88. The highest BCUT2D eigenvalue weighted by molar-refractivity contribution is 5.78. The van der Waals surface area contributed by atoms with Gasteiger partial charge >= 0.3 is 0 Å². The molecule has 3 rings (SSSR count). The number of likely N-dealkylation sites (tertiary alicyclic amines) is 1. The first-order valence-electron chi connectivity index (χ1n) is 8.79. The van der Waals surface area contributed by atoms with Crippen LogP contribution in [0, 0.1) is 6.92 Å². The summed E-state index contributed by atoms with van der Waals surface area (Å²) in [5, 5.41) is 13.6. The third kappa shape index (κ3) is 4.42. The van der Waals surface area contributed by atoms with Crippen LogP contribution >= 0.6 is 0 Å². The molecule has 3 heterocycles. The number of nitrogens with zero attached hydrogens (tertiary/aromatic N) is 4. The first kappa shape index (κ1) is 17.1. The van der Waals surface area contributed by atoms with Crippen LogP contribution in [0.3, 0.4) is 0 Å². The number of aromatic nitrogens is 2. The van der Waals surface area contributed by atoms with Crippen LogP contribution in [0.2, 0.25) is 0 Å². The maximum absolute atomic E-state index is 12.1. The van der Waals surface area contributed by atoms with Crippen LogP contribution in [0.5, 0.6) is 0 Å². The van der Waals surface area contributed by atoms with E-state index < -0.39 is 5.60 Å². The van der Waals surface area contributed by atoms with Gasteiger partial charge in [0.25, 0.3) is 0 Å². The Balaban J connectivity index is 1.47. The van der Waals surface area contributed by atoms with Gasteiger partial charge in [0.1, 0.15) is 17.7 Å². The lowest BCUT2D eigenvalue weighted by Crippen LogP contribution is -2.48. The molecular formula is C17H27N5O2. The molecule has 0 aliphatic carbocycles. The predicted octanol–water partition coefficient (Wildman–Crippen LogP) is 0.328. The molecule has 7 nitrogen and oxygen atoms in total. The number of hydrogen-bond donors (Lipinski definition) is 2. The summed E-state index contributed by atoms with van der Waals surface area (Å²) < 4.78 is 0. The maximum atomic E-state index is 12.1. The standard InChI is InChI=1S/C17H27N5O2/c1-14-9-15(20-13-19-14)22-8-5-17(24,12-22)11-18-16(23)10-21-6-3-2-4-7-21/h9,13,24H,2-8,10-12H2,1H3,(H,18,23)/t17-/m1/s1. The molecule has 0 aromatic carbocycles. The monoisotopic (exact) mass is 333 g/mol. The Morgan fingerprint density at radius 1 is 1.29 bits per heavy atom. The van der Waals surface area contributed by atoms with Gasteiger partial charge in [0.2, 0.25) is 5.91 Å². The average Bonchev–Trinajstić information content (AvgIpc) is 2.97. The Labute approximate surface area is 143 Å². The van der Waals surface area contributed by atoms with Crippen LogP contribution < -0.4 is 10.2 Å². The zero-order chi connectivity index (χ0) is 17.0. The van der Waals surface area contributed by atoms with E-state index >= 15 is 0 Å². The molecule has 7 heteroatoms. The van der Waals surface area contributed by atoms with Gasteiger partial charge in [-0.05, 0) is 39.3 Å². The van der Waals surface area contributed by atoms with Crippen LogP contribution in [0.15, 0.2) is 12.4 Å². The molecule has 2 saturated heterocycles. The van der Waals surface area contributed by atoms with Crippen molar-refractivity contribution < 1.29 is 9.90 Å². The number of hydrogen-bond acceptors (Lipinski definition) is 6. The molecule has 0 unspecified atom stereocenters. The molecule has 0 bridgehead atoms. The van der Waals surface area contributed by atoms with Gasteiger partial charge in [0.15, 0.2) is 0 Å². The second kappa shape index (κ2) is 7.44. The lowest BCUT2D eigenvalue weighted by Gasteiger charge is -2.27. The number of piperidine rings is 1. The summed E-state index contributed by atoms with van der Waals surface area (Å²) in [7, 11) is 0. The quantitative estimate of drug-likeness (QED) is 0.808. The van der Waals surface area contributed by atoms with E-state index in [1.807, 2.05) is 17.9 Å². The van der Waals surface area contributed by atoms with E-state index in [-0.39, 0.29) is 5.91 Å². The number of anilines is 1. The minimum absolute atomic E-state index is 0.00153. The van der Waals surface area contributed by atoms with E-state index in [9.17, 15) is 9.90 Å². The minimum atomic E-state index is -0.892. The highest BCUT2D eigenvalue weighted by Crippen LogP contribution is 2.25. The summed E-state index contributed by atoms with van der Waals surface area (Å²) in [5.41, 5.74) is 0.0152. The lowest BCUT2D eigenvalue weighted by molar-refractivity contribution is -0.123. The molecule has 132 valence electrons. The first-order chi connectivity index (χ1) is 11.5. The summed E-state index contributed by atoms with van der Waals surface area (Å²) in [5.74, 6) is 0.833. The second-order valence-corrected chi connectivity index (χ2v) is 7.03. The molecule has 0 spiro atoms.